The Labute approximate surface area is 343 Å². The van der Waals surface area contributed by atoms with Crippen molar-refractivity contribution in [3.63, 3.8) is 0 Å². The van der Waals surface area contributed by atoms with E-state index in [1.807, 2.05) is 74.5 Å². The standard InChI is InChI=1S/C43H54BrFN4O7Si/c1-5-55-33-14-16-36-29(21-33)22-35(46-17-6-7-19-50)41(53)49(36)31-11-8-10-28(20-31)25-48-37-15-13-30(44)23-34(37)43(42(48)54)27(2)40(57(3,4)45)38(56-43)24-39(52)47-18-9-12-32(47)26-51/h8,10-11,13-16,20-21,23,27,32,35,38,40,46,50-51H,5-7,9,12,17-19,22,24-26H2,1-4H3/t27-,32+,35?,38+,40-,43+/m1/s1. The number of benzene rings is 3. The average Bonchev–Trinajstić information content (AvgIpc) is 3.84. The highest BCUT2D eigenvalue weighted by Gasteiger charge is 2.67. The van der Waals surface area contributed by atoms with E-state index in [0.717, 1.165) is 39.9 Å². The van der Waals surface area contributed by atoms with Crippen LogP contribution in [0.25, 0.3) is 0 Å². The number of hydrogen-bond donors (Lipinski definition) is 3. The number of nitrogens with zero attached hydrogens (tertiary/aromatic N) is 3. The second kappa shape index (κ2) is 16.9. The predicted molar refractivity (Wildman–Crippen MR) is 223 cm³/mol. The van der Waals surface area contributed by atoms with Crippen LogP contribution in [0.5, 0.6) is 5.75 Å². The third kappa shape index (κ3) is 7.81. The summed E-state index contributed by atoms with van der Waals surface area (Å²) >= 11 is 3.61. The van der Waals surface area contributed by atoms with Crippen molar-refractivity contribution < 1.29 is 38.2 Å². The maximum absolute atomic E-state index is 16.5. The highest BCUT2D eigenvalue weighted by Crippen LogP contribution is 2.60. The first kappa shape index (κ1) is 41.5. The number of anilines is 3. The van der Waals surface area contributed by atoms with Crippen LogP contribution in [0.4, 0.5) is 21.2 Å². The molecule has 306 valence electrons. The van der Waals surface area contributed by atoms with Crippen molar-refractivity contribution in [1.82, 2.24) is 10.2 Å². The third-order valence-corrected chi connectivity index (χ3v) is 15.2. The van der Waals surface area contributed by atoms with Crippen LogP contribution in [0.1, 0.15) is 62.6 Å². The second-order valence-electron chi connectivity index (χ2n) is 16.3. The van der Waals surface area contributed by atoms with Crippen LogP contribution in [0.2, 0.25) is 18.6 Å². The molecule has 0 radical (unpaired) electrons. The maximum Gasteiger partial charge on any atom is 0.264 e. The van der Waals surface area contributed by atoms with Crippen LogP contribution in [0, 0.1) is 5.92 Å². The van der Waals surface area contributed by atoms with Crippen molar-refractivity contribution in [2.45, 2.75) is 101 Å². The largest absolute Gasteiger partial charge is 0.494 e. The molecule has 11 nitrogen and oxygen atoms in total. The lowest BCUT2D eigenvalue weighted by Gasteiger charge is -2.35. The number of rotatable bonds is 14. The number of carbonyl (C=O) groups excluding carboxylic acids is 3. The van der Waals surface area contributed by atoms with Gasteiger partial charge in [-0.25, -0.2) is 0 Å². The van der Waals surface area contributed by atoms with Gasteiger partial charge in [0, 0.05) is 40.3 Å². The lowest BCUT2D eigenvalue weighted by molar-refractivity contribution is -0.150. The van der Waals surface area contributed by atoms with Gasteiger partial charge in [-0.3, -0.25) is 19.3 Å². The molecule has 3 amide bonds. The lowest BCUT2D eigenvalue weighted by Crippen LogP contribution is -2.49. The minimum absolute atomic E-state index is 0.0685. The Kier molecular flexibility index (Phi) is 12.3. The number of likely N-dealkylation sites (tertiary alicyclic amines) is 1. The summed E-state index contributed by atoms with van der Waals surface area (Å²) in [6.45, 7) is 8.82. The number of hydrogen-bond acceptors (Lipinski definition) is 8. The van der Waals surface area contributed by atoms with Crippen LogP contribution >= 0.6 is 15.9 Å². The Hall–Kier alpha value is -3.66. The Balaban J connectivity index is 1.21. The summed E-state index contributed by atoms with van der Waals surface area (Å²) in [7, 11) is -3.51. The first-order valence-corrected chi connectivity index (χ1v) is 24.0. The van der Waals surface area contributed by atoms with E-state index in [4.69, 9.17) is 9.47 Å². The first-order valence-electron chi connectivity index (χ1n) is 20.2. The number of ether oxygens (including phenoxy) is 2. The van der Waals surface area contributed by atoms with Gasteiger partial charge in [-0.1, -0.05) is 35.0 Å². The minimum Gasteiger partial charge on any atom is -0.494 e. The lowest BCUT2D eigenvalue weighted by atomic mass is 9.82. The Morgan fingerprint density at radius 2 is 1.88 bits per heavy atom. The zero-order valence-electron chi connectivity index (χ0n) is 33.2. The van der Waals surface area contributed by atoms with Crippen LogP contribution in [-0.2, 0) is 37.7 Å². The number of aliphatic hydroxyl groups excluding tert-OH is 2. The predicted octanol–water partition coefficient (Wildman–Crippen LogP) is 6.49. The molecule has 3 aromatic carbocycles. The molecule has 4 aliphatic heterocycles. The summed E-state index contributed by atoms with van der Waals surface area (Å²) < 4.78 is 29.9. The molecule has 57 heavy (non-hydrogen) atoms. The van der Waals surface area contributed by atoms with E-state index in [-0.39, 0.29) is 49.9 Å². The molecule has 3 aromatic rings. The van der Waals surface area contributed by atoms with Gasteiger partial charge in [0.25, 0.3) is 5.91 Å². The first-order chi connectivity index (χ1) is 27.3. The zero-order chi connectivity index (χ0) is 40.6. The molecule has 3 N–H and O–H groups in total. The van der Waals surface area contributed by atoms with Crippen LogP contribution in [0.3, 0.4) is 0 Å². The molecule has 6 atom stereocenters. The Bertz CT molecular complexity index is 2000. The molecule has 2 saturated heterocycles. The normalized spacial score (nSPS) is 25.8. The van der Waals surface area contributed by atoms with Crippen LogP contribution in [-0.4, -0.2) is 92.3 Å². The van der Waals surface area contributed by atoms with Gasteiger partial charge >= 0.3 is 0 Å². The van der Waals surface area contributed by atoms with Gasteiger partial charge in [-0.15, -0.1) is 0 Å². The van der Waals surface area contributed by atoms with E-state index < -0.39 is 37.6 Å². The molecule has 0 aliphatic carbocycles. The Morgan fingerprint density at radius 3 is 2.61 bits per heavy atom. The molecule has 0 aromatic heterocycles. The molecule has 7 rings (SSSR count). The van der Waals surface area contributed by atoms with Crippen molar-refractivity contribution in [2.75, 3.05) is 42.7 Å². The SMILES string of the molecule is CCOc1ccc2c(c1)CC(NCCCCO)C(=O)N2c1cccc(CN2C(=O)[C@@]3(O[C@@H](CC(=O)N4CCC[C@H]4CO)[C@H]([Si](C)(C)F)[C@H]3C)c3cc(Br)ccc32)c1. The number of halogens is 2. The van der Waals surface area contributed by atoms with Gasteiger partial charge in [-0.05, 0) is 118 Å². The quantitative estimate of drug-likeness (QED) is 0.0953. The second-order valence-corrected chi connectivity index (χ2v) is 21.0. The minimum atomic E-state index is -3.51. The van der Waals surface area contributed by atoms with E-state index in [9.17, 15) is 19.8 Å². The highest BCUT2D eigenvalue weighted by atomic mass is 79.9. The molecule has 4 aliphatic rings. The fourth-order valence-electron chi connectivity index (χ4n) is 9.72. The molecule has 1 unspecified atom stereocenters. The summed E-state index contributed by atoms with van der Waals surface area (Å²) in [5, 5.41) is 22.6. The number of carbonyl (C=O) groups is 3. The molecule has 2 fully saturated rings. The number of aliphatic hydroxyl groups is 2. The summed E-state index contributed by atoms with van der Waals surface area (Å²) in [6.07, 6.45) is 2.48. The maximum atomic E-state index is 16.5. The van der Waals surface area contributed by atoms with Crippen LogP contribution < -0.4 is 19.9 Å². The van der Waals surface area contributed by atoms with E-state index in [0.29, 0.717) is 55.9 Å². The van der Waals surface area contributed by atoms with E-state index in [2.05, 4.69) is 21.2 Å². The molecule has 14 heteroatoms. The van der Waals surface area contributed by atoms with Gasteiger partial charge in [0.2, 0.25) is 20.2 Å². The summed E-state index contributed by atoms with van der Waals surface area (Å²) in [6, 6.07) is 18.3. The monoisotopic (exact) mass is 864 g/mol. The molecular formula is C43H54BrFN4O7Si. The third-order valence-electron chi connectivity index (χ3n) is 12.2. The average molecular weight is 866 g/mol. The topological polar surface area (TPSA) is 132 Å². The smallest absolute Gasteiger partial charge is 0.264 e. The van der Waals surface area contributed by atoms with Crippen LogP contribution in [0.15, 0.2) is 65.1 Å². The van der Waals surface area contributed by atoms with Crippen molar-refractivity contribution in [3.05, 3.63) is 81.8 Å². The number of amides is 3. The molecule has 4 heterocycles. The zero-order valence-corrected chi connectivity index (χ0v) is 35.8. The summed E-state index contributed by atoms with van der Waals surface area (Å²) in [5.41, 5.74) is 2.29. The fraction of sp³-hybridized carbons (Fsp3) is 0.512. The molecule has 0 bridgehead atoms. The van der Waals surface area contributed by atoms with Crippen molar-refractivity contribution in [3.8, 4) is 5.75 Å². The molecule has 1 spiro atoms. The molecule has 0 saturated carbocycles. The summed E-state index contributed by atoms with van der Waals surface area (Å²) in [5.74, 6) is -0.445. The van der Waals surface area contributed by atoms with Gasteiger partial charge in [0.15, 0.2) is 5.60 Å². The van der Waals surface area contributed by atoms with Crippen molar-refractivity contribution in [2.24, 2.45) is 5.92 Å². The number of unbranched alkanes of at least 4 members (excludes halogenated alkanes) is 1. The van der Waals surface area contributed by atoms with Crippen molar-refractivity contribution in [1.29, 1.82) is 0 Å². The number of nitrogens with one attached hydrogen (secondary N) is 1. The van der Waals surface area contributed by atoms with Gasteiger partial charge < -0.3 is 38.9 Å². The van der Waals surface area contributed by atoms with Gasteiger partial charge in [-0.2, -0.15) is 0 Å². The van der Waals surface area contributed by atoms with Crippen molar-refractivity contribution >= 4 is 59.1 Å². The number of fused-ring (bicyclic) bond motifs is 3. The van der Waals surface area contributed by atoms with E-state index in [1.165, 1.54) is 0 Å². The van der Waals surface area contributed by atoms with E-state index in [1.54, 1.807) is 27.8 Å². The van der Waals surface area contributed by atoms with E-state index >= 15 is 8.90 Å². The highest BCUT2D eigenvalue weighted by molar-refractivity contribution is 9.10. The van der Waals surface area contributed by atoms with Gasteiger partial charge in [0.1, 0.15) is 5.75 Å². The molecular weight excluding hydrogens is 811 g/mol. The summed E-state index contributed by atoms with van der Waals surface area (Å²) in [4.78, 5) is 48.2. The fourth-order valence-corrected chi connectivity index (χ4v) is 12.6. The Morgan fingerprint density at radius 1 is 1.09 bits per heavy atom. The van der Waals surface area contributed by atoms with Gasteiger partial charge in [0.05, 0.1) is 55.7 Å².